The van der Waals surface area contributed by atoms with Crippen LogP contribution in [0.15, 0.2) is 17.0 Å². The molecule has 0 aliphatic heterocycles. The summed E-state index contributed by atoms with van der Waals surface area (Å²) in [6.45, 7) is 3.86. The molecule has 1 unspecified atom stereocenters. The molecule has 0 amide bonds. The monoisotopic (exact) mass is 289 g/mol. The Morgan fingerprint density at radius 2 is 2.00 bits per heavy atom. The van der Waals surface area contributed by atoms with Crippen molar-refractivity contribution in [1.29, 1.82) is 0 Å². The molecule has 108 valence electrons. The average molecular weight is 289 g/mol. The molecule has 1 rings (SSSR count). The number of nitrogens with two attached hydrogens (primary N) is 1. The predicted molar refractivity (Wildman–Crippen MR) is 73.9 cm³/mol. The Morgan fingerprint density at radius 3 is 2.53 bits per heavy atom. The number of nitrogens with zero attached hydrogens (tertiary/aromatic N) is 1. The number of hydrogen-bond acceptors (Lipinski definition) is 4. The van der Waals surface area contributed by atoms with Gasteiger partial charge in [-0.3, -0.25) is 0 Å². The first kappa shape index (κ1) is 15.9. The summed E-state index contributed by atoms with van der Waals surface area (Å²) in [5.74, 6) is -0.613. The smallest absolute Gasteiger partial charge is 0.241 e. The van der Waals surface area contributed by atoms with E-state index in [1.807, 2.05) is 19.0 Å². The van der Waals surface area contributed by atoms with E-state index in [-0.39, 0.29) is 16.6 Å². The van der Waals surface area contributed by atoms with Crippen LogP contribution < -0.4 is 10.5 Å². The third kappa shape index (κ3) is 4.15. The molecule has 19 heavy (non-hydrogen) atoms. The minimum Gasteiger partial charge on any atom is -0.396 e. The number of nitrogen functional groups attached to an aromatic ring is 1. The molecule has 7 heteroatoms. The zero-order chi connectivity index (χ0) is 14.8. The molecule has 0 heterocycles. The Hall–Kier alpha value is -1.18. The van der Waals surface area contributed by atoms with Crippen molar-refractivity contribution in [3.05, 3.63) is 23.5 Å². The molecule has 1 aromatic rings. The van der Waals surface area contributed by atoms with Gasteiger partial charge in [0.15, 0.2) is 0 Å². The fraction of sp³-hybridized carbons (Fsp3) is 0.500. The van der Waals surface area contributed by atoms with Gasteiger partial charge in [0.25, 0.3) is 0 Å². The summed E-state index contributed by atoms with van der Waals surface area (Å²) in [7, 11) is 0.00781. The molecule has 1 aromatic carbocycles. The molecule has 0 aliphatic carbocycles. The van der Waals surface area contributed by atoms with Crippen LogP contribution in [-0.2, 0) is 10.0 Å². The minimum absolute atomic E-state index is 0.0111. The summed E-state index contributed by atoms with van der Waals surface area (Å²) < 4.78 is 40.2. The van der Waals surface area contributed by atoms with E-state index < -0.39 is 15.8 Å². The Balaban J connectivity index is 3.04. The van der Waals surface area contributed by atoms with Gasteiger partial charge in [-0.25, -0.2) is 17.5 Å². The largest absolute Gasteiger partial charge is 0.396 e. The van der Waals surface area contributed by atoms with Crippen molar-refractivity contribution < 1.29 is 12.8 Å². The van der Waals surface area contributed by atoms with Gasteiger partial charge in [-0.1, -0.05) is 0 Å². The van der Waals surface area contributed by atoms with E-state index in [1.54, 1.807) is 6.92 Å². The van der Waals surface area contributed by atoms with Crippen LogP contribution in [0, 0.1) is 12.7 Å². The van der Waals surface area contributed by atoms with Crippen molar-refractivity contribution in [3.8, 4) is 0 Å². The quantitative estimate of drug-likeness (QED) is 0.791. The molecule has 0 saturated heterocycles. The number of benzene rings is 1. The van der Waals surface area contributed by atoms with Crippen molar-refractivity contribution in [2.24, 2.45) is 0 Å². The van der Waals surface area contributed by atoms with Crippen molar-refractivity contribution in [2.75, 3.05) is 26.4 Å². The first-order chi connectivity index (χ1) is 8.63. The van der Waals surface area contributed by atoms with Crippen LogP contribution in [0.25, 0.3) is 0 Å². The maximum absolute atomic E-state index is 13.2. The van der Waals surface area contributed by atoms with E-state index in [0.717, 1.165) is 12.1 Å². The molecule has 0 fully saturated rings. The van der Waals surface area contributed by atoms with Crippen molar-refractivity contribution in [2.45, 2.75) is 24.8 Å². The Bertz CT molecular complexity index is 558. The second-order valence-electron chi connectivity index (χ2n) is 4.92. The third-order valence-corrected chi connectivity index (χ3v) is 4.31. The summed E-state index contributed by atoms with van der Waals surface area (Å²) in [6, 6.07) is 2.02. The van der Waals surface area contributed by atoms with Gasteiger partial charge in [0.05, 0.1) is 10.6 Å². The lowest BCUT2D eigenvalue weighted by atomic mass is 10.2. The summed E-state index contributed by atoms with van der Waals surface area (Å²) in [6.07, 6.45) is 0. The zero-order valence-electron chi connectivity index (χ0n) is 11.6. The van der Waals surface area contributed by atoms with Gasteiger partial charge in [0, 0.05) is 12.6 Å². The van der Waals surface area contributed by atoms with Gasteiger partial charge in [0.1, 0.15) is 5.82 Å². The van der Waals surface area contributed by atoms with Gasteiger partial charge in [-0.05, 0) is 45.6 Å². The van der Waals surface area contributed by atoms with E-state index in [1.165, 1.54) is 6.92 Å². The van der Waals surface area contributed by atoms with Crippen LogP contribution in [0.4, 0.5) is 10.1 Å². The number of likely N-dealkylation sites (N-methyl/N-ethyl adjacent to an activating group) is 1. The van der Waals surface area contributed by atoms with Gasteiger partial charge < -0.3 is 10.6 Å². The highest BCUT2D eigenvalue weighted by Gasteiger charge is 2.21. The number of nitrogens with one attached hydrogen (secondary N) is 1. The van der Waals surface area contributed by atoms with Crippen LogP contribution in [0.3, 0.4) is 0 Å². The lowest BCUT2D eigenvalue weighted by Crippen LogP contribution is -2.39. The maximum atomic E-state index is 13.2. The van der Waals surface area contributed by atoms with E-state index in [9.17, 15) is 12.8 Å². The van der Waals surface area contributed by atoms with Gasteiger partial charge >= 0.3 is 0 Å². The normalized spacial score (nSPS) is 13.8. The second kappa shape index (κ2) is 5.85. The molecule has 3 N–H and O–H groups in total. The molecule has 5 nitrogen and oxygen atoms in total. The van der Waals surface area contributed by atoms with Crippen LogP contribution in [0.1, 0.15) is 12.5 Å². The molecular formula is C12H20FN3O2S. The summed E-state index contributed by atoms with van der Waals surface area (Å²) in [5, 5.41) is 0. The van der Waals surface area contributed by atoms with E-state index in [4.69, 9.17) is 5.73 Å². The van der Waals surface area contributed by atoms with Crippen molar-refractivity contribution in [1.82, 2.24) is 9.62 Å². The zero-order valence-corrected chi connectivity index (χ0v) is 12.4. The standard InChI is InChI=1S/C12H20FN3O2S/c1-8-5-10(13)11(14)6-12(8)19(17,18)15-9(2)7-16(3)4/h5-6,9,15H,7,14H2,1-4H3. The average Bonchev–Trinajstić information content (AvgIpc) is 2.20. The molecule has 0 radical (unpaired) electrons. The Morgan fingerprint density at radius 1 is 1.42 bits per heavy atom. The summed E-state index contributed by atoms with van der Waals surface area (Å²) in [4.78, 5) is 1.89. The molecule has 0 bridgehead atoms. The molecule has 0 spiro atoms. The molecule has 0 aromatic heterocycles. The maximum Gasteiger partial charge on any atom is 0.241 e. The SMILES string of the molecule is Cc1cc(F)c(N)cc1S(=O)(=O)NC(C)CN(C)C. The fourth-order valence-electron chi connectivity index (χ4n) is 1.87. The molecule has 1 atom stereocenters. The number of anilines is 1. The highest BCUT2D eigenvalue weighted by molar-refractivity contribution is 7.89. The molecule has 0 aliphatic rings. The number of hydrogen-bond donors (Lipinski definition) is 2. The first-order valence-electron chi connectivity index (χ1n) is 5.86. The lowest BCUT2D eigenvalue weighted by Gasteiger charge is -2.19. The lowest BCUT2D eigenvalue weighted by molar-refractivity contribution is 0.370. The van der Waals surface area contributed by atoms with Crippen LogP contribution in [0.2, 0.25) is 0 Å². The van der Waals surface area contributed by atoms with Gasteiger partial charge in [-0.2, -0.15) is 0 Å². The fourth-order valence-corrected chi connectivity index (χ4v) is 3.37. The Labute approximate surface area is 113 Å². The summed E-state index contributed by atoms with van der Waals surface area (Å²) >= 11 is 0. The number of halogens is 1. The van der Waals surface area contributed by atoms with E-state index in [2.05, 4.69) is 4.72 Å². The van der Waals surface area contributed by atoms with E-state index in [0.29, 0.717) is 12.1 Å². The van der Waals surface area contributed by atoms with Crippen LogP contribution in [-0.4, -0.2) is 40.0 Å². The van der Waals surface area contributed by atoms with E-state index >= 15 is 0 Å². The predicted octanol–water partition coefficient (Wildman–Crippen LogP) is 0.945. The van der Waals surface area contributed by atoms with Gasteiger partial charge in [0.2, 0.25) is 10.0 Å². The summed E-state index contributed by atoms with van der Waals surface area (Å²) in [5.41, 5.74) is 5.58. The Kier molecular flexibility index (Phi) is 4.89. The van der Waals surface area contributed by atoms with Crippen LogP contribution >= 0.6 is 0 Å². The van der Waals surface area contributed by atoms with Crippen LogP contribution in [0.5, 0.6) is 0 Å². The van der Waals surface area contributed by atoms with Crippen molar-refractivity contribution in [3.63, 3.8) is 0 Å². The van der Waals surface area contributed by atoms with Gasteiger partial charge in [-0.15, -0.1) is 0 Å². The second-order valence-corrected chi connectivity index (χ2v) is 6.61. The minimum atomic E-state index is -3.70. The van der Waals surface area contributed by atoms with Crippen molar-refractivity contribution >= 4 is 15.7 Å². The first-order valence-corrected chi connectivity index (χ1v) is 7.34. The number of sulfonamides is 1. The highest BCUT2D eigenvalue weighted by atomic mass is 32.2. The third-order valence-electron chi connectivity index (χ3n) is 2.58. The number of rotatable bonds is 5. The number of aryl methyl sites for hydroxylation is 1. The topological polar surface area (TPSA) is 75.4 Å². The highest BCUT2D eigenvalue weighted by Crippen LogP contribution is 2.21. The molecule has 0 saturated carbocycles. The molecular weight excluding hydrogens is 269 g/mol.